The fourth-order valence-electron chi connectivity index (χ4n) is 2.23. The van der Waals surface area contributed by atoms with Crippen molar-refractivity contribution in [2.75, 3.05) is 0 Å². The molecule has 1 aliphatic rings. The predicted molar refractivity (Wildman–Crippen MR) is 69.1 cm³/mol. The van der Waals surface area contributed by atoms with Gasteiger partial charge < -0.3 is 9.47 Å². The van der Waals surface area contributed by atoms with Crippen molar-refractivity contribution in [2.24, 2.45) is 11.3 Å². The monoisotopic (exact) mass is 248 g/mol. The molecule has 1 aromatic rings. The summed E-state index contributed by atoms with van der Waals surface area (Å²) in [5.41, 5.74) is 0.397. The van der Waals surface area contributed by atoms with E-state index in [1.807, 2.05) is 25.1 Å². The van der Waals surface area contributed by atoms with E-state index in [0.717, 1.165) is 0 Å². The van der Waals surface area contributed by atoms with Crippen LogP contribution in [-0.4, -0.2) is 18.4 Å². The molecule has 0 aromatic heterocycles. The number of esters is 1. The molecule has 1 aromatic carbocycles. The van der Waals surface area contributed by atoms with E-state index in [1.165, 1.54) is 0 Å². The smallest absolute Gasteiger partial charge is 0.340 e. The Morgan fingerprint density at radius 3 is 2.33 bits per heavy atom. The lowest BCUT2D eigenvalue weighted by Gasteiger charge is -2.28. The van der Waals surface area contributed by atoms with Gasteiger partial charge >= 0.3 is 5.97 Å². The minimum atomic E-state index is -0.477. The van der Waals surface area contributed by atoms with Crippen LogP contribution in [0.1, 0.15) is 38.1 Å². The molecule has 0 amide bonds. The van der Waals surface area contributed by atoms with Gasteiger partial charge in [0.2, 0.25) is 6.29 Å². The summed E-state index contributed by atoms with van der Waals surface area (Å²) in [6.45, 7) is 8.29. The maximum Gasteiger partial charge on any atom is 0.340 e. The first-order valence-corrected chi connectivity index (χ1v) is 6.34. The molecule has 1 heterocycles. The normalized spacial score (nSPS) is 30.1. The summed E-state index contributed by atoms with van der Waals surface area (Å²) < 4.78 is 11.2. The zero-order valence-corrected chi connectivity index (χ0v) is 11.3. The van der Waals surface area contributed by atoms with Gasteiger partial charge in [0.05, 0.1) is 11.7 Å². The molecule has 98 valence electrons. The van der Waals surface area contributed by atoms with Gasteiger partial charge in [-0.1, -0.05) is 39.0 Å². The van der Waals surface area contributed by atoms with Crippen molar-refractivity contribution in [1.29, 1.82) is 0 Å². The molecule has 0 radical (unpaired) electrons. The molecule has 0 saturated carbocycles. The number of rotatable bonds is 2. The van der Waals surface area contributed by atoms with Crippen molar-refractivity contribution >= 4 is 5.97 Å². The zero-order valence-electron chi connectivity index (χ0n) is 11.3. The average Bonchev–Trinajstić information content (AvgIpc) is 2.54. The highest BCUT2D eigenvalue weighted by molar-refractivity contribution is 5.89. The highest BCUT2D eigenvalue weighted by Crippen LogP contribution is 2.43. The summed E-state index contributed by atoms with van der Waals surface area (Å²) in [5.74, 6) is 0.0287. The summed E-state index contributed by atoms with van der Waals surface area (Å²) in [7, 11) is 0. The van der Waals surface area contributed by atoms with Crippen LogP contribution in [0.3, 0.4) is 0 Å². The van der Waals surface area contributed by atoms with Gasteiger partial charge in [-0.25, -0.2) is 4.79 Å². The van der Waals surface area contributed by atoms with Crippen LogP contribution in [0.5, 0.6) is 0 Å². The molecule has 3 nitrogen and oxygen atoms in total. The Labute approximate surface area is 108 Å². The quantitative estimate of drug-likeness (QED) is 0.754. The van der Waals surface area contributed by atoms with Crippen LogP contribution in [-0.2, 0) is 9.47 Å². The third-order valence-electron chi connectivity index (χ3n) is 4.05. The molecule has 0 N–H and O–H groups in total. The van der Waals surface area contributed by atoms with Gasteiger partial charge in [0, 0.05) is 5.41 Å². The lowest BCUT2D eigenvalue weighted by Crippen LogP contribution is -2.33. The van der Waals surface area contributed by atoms with Crippen molar-refractivity contribution in [1.82, 2.24) is 0 Å². The molecule has 0 unspecified atom stereocenters. The second-order valence-electron chi connectivity index (χ2n) is 5.55. The SMILES string of the molecule is C[C@@H]1[C@@H](C)O[C@@H](OC(=O)c2ccccc2)C1(C)C. The third kappa shape index (κ3) is 2.27. The van der Waals surface area contributed by atoms with Gasteiger partial charge in [-0.15, -0.1) is 0 Å². The van der Waals surface area contributed by atoms with Crippen LogP contribution in [0, 0.1) is 11.3 Å². The van der Waals surface area contributed by atoms with Crippen LogP contribution in [0.4, 0.5) is 0 Å². The second kappa shape index (κ2) is 4.73. The molecule has 0 aliphatic carbocycles. The molecular formula is C15H20O3. The molecule has 2 rings (SSSR count). The Bertz CT molecular complexity index is 425. The first-order valence-electron chi connectivity index (χ1n) is 6.34. The minimum absolute atomic E-state index is 0.105. The van der Waals surface area contributed by atoms with Crippen LogP contribution >= 0.6 is 0 Å². The summed E-state index contributed by atoms with van der Waals surface area (Å²) in [6.07, 6.45) is -0.372. The van der Waals surface area contributed by atoms with E-state index in [4.69, 9.17) is 9.47 Å². The van der Waals surface area contributed by atoms with Crippen molar-refractivity contribution < 1.29 is 14.3 Å². The van der Waals surface area contributed by atoms with Gasteiger partial charge in [0.1, 0.15) is 0 Å². The number of carbonyl (C=O) groups is 1. The summed E-state index contributed by atoms with van der Waals surface area (Å²) in [5, 5.41) is 0. The predicted octanol–water partition coefficient (Wildman–Crippen LogP) is 3.25. The van der Waals surface area contributed by atoms with Crippen LogP contribution in [0.25, 0.3) is 0 Å². The molecule has 3 atom stereocenters. The fraction of sp³-hybridized carbons (Fsp3) is 0.533. The lowest BCUT2D eigenvalue weighted by atomic mass is 9.79. The first kappa shape index (κ1) is 13.1. The summed E-state index contributed by atoms with van der Waals surface area (Å²) in [6, 6.07) is 9.01. The lowest BCUT2D eigenvalue weighted by molar-refractivity contribution is -0.132. The van der Waals surface area contributed by atoms with E-state index >= 15 is 0 Å². The topological polar surface area (TPSA) is 35.5 Å². The van der Waals surface area contributed by atoms with E-state index in [1.54, 1.807) is 12.1 Å². The summed E-state index contributed by atoms with van der Waals surface area (Å²) >= 11 is 0. The third-order valence-corrected chi connectivity index (χ3v) is 4.05. The Balaban J connectivity index is 2.09. The standard InChI is InChI=1S/C15H20O3/c1-10-11(2)17-14(15(10,3)4)18-13(16)12-8-6-5-7-9-12/h5-11,14H,1-4H3/t10-,11-,14+/m1/s1. The molecule has 18 heavy (non-hydrogen) atoms. The Morgan fingerprint density at radius 2 is 1.83 bits per heavy atom. The van der Waals surface area contributed by atoms with Crippen molar-refractivity contribution in [3.05, 3.63) is 35.9 Å². The van der Waals surface area contributed by atoms with E-state index in [0.29, 0.717) is 11.5 Å². The number of ether oxygens (including phenoxy) is 2. The van der Waals surface area contributed by atoms with Crippen LogP contribution < -0.4 is 0 Å². The van der Waals surface area contributed by atoms with Crippen molar-refractivity contribution in [2.45, 2.75) is 40.1 Å². The van der Waals surface area contributed by atoms with E-state index < -0.39 is 6.29 Å². The average molecular weight is 248 g/mol. The van der Waals surface area contributed by atoms with Gasteiger partial charge in [0.15, 0.2) is 0 Å². The maximum atomic E-state index is 12.0. The molecule has 0 bridgehead atoms. The molecule has 1 aliphatic heterocycles. The van der Waals surface area contributed by atoms with Gasteiger partial charge in [-0.2, -0.15) is 0 Å². The van der Waals surface area contributed by atoms with E-state index in [2.05, 4.69) is 20.8 Å². The van der Waals surface area contributed by atoms with Crippen LogP contribution in [0.2, 0.25) is 0 Å². The Hall–Kier alpha value is -1.35. The second-order valence-corrected chi connectivity index (χ2v) is 5.55. The molecule has 1 fully saturated rings. The van der Waals surface area contributed by atoms with Gasteiger partial charge in [-0.05, 0) is 25.0 Å². The highest BCUT2D eigenvalue weighted by Gasteiger charge is 2.48. The molecule has 3 heteroatoms. The zero-order chi connectivity index (χ0) is 13.3. The summed E-state index contributed by atoms with van der Waals surface area (Å²) in [4.78, 5) is 12.0. The van der Waals surface area contributed by atoms with Crippen molar-refractivity contribution in [3.8, 4) is 0 Å². The number of carbonyl (C=O) groups excluding carboxylic acids is 1. The number of hydrogen-bond donors (Lipinski definition) is 0. The Morgan fingerprint density at radius 1 is 1.22 bits per heavy atom. The van der Waals surface area contributed by atoms with E-state index in [9.17, 15) is 4.79 Å². The molecule has 0 spiro atoms. The minimum Gasteiger partial charge on any atom is -0.432 e. The number of benzene rings is 1. The van der Waals surface area contributed by atoms with Crippen LogP contribution in [0.15, 0.2) is 30.3 Å². The molecule has 1 saturated heterocycles. The molecular weight excluding hydrogens is 228 g/mol. The fourth-order valence-corrected chi connectivity index (χ4v) is 2.23. The first-order chi connectivity index (χ1) is 8.43. The van der Waals surface area contributed by atoms with Gasteiger partial charge in [0.25, 0.3) is 0 Å². The highest BCUT2D eigenvalue weighted by atomic mass is 16.7. The Kier molecular flexibility index (Phi) is 3.44. The maximum absolute atomic E-state index is 12.0. The number of hydrogen-bond acceptors (Lipinski definition) is 3. The van der Waals surface area contributed by atoms with Crippen molar-refractivity contribution in [3.63, 3.8) is 0 Å². The van der Waals surface area contributed by atoms with E-state index in [-0.39, 0.29) is 17.5 Å². The van der Waals surface area contributed by atoms with Gasteiger partial charge in [-0.3, -0.25) is 0 Å². The largest absolute Gasteiger partial charge is 0.432 e.